The van der Waals surface area contributed by atoms with Gasteiger partial charge in [-0.15, -0.1) is 0 Å². The molecule has 1 aromatic heterocycles. The number of carbonyl (C=O) groups is 2. The van der Waals surface area contributed by atoms with Gasteiger partial charge in [0, 0.05) is 42.1 Å². The summed E-state index contributed by atoms with van der Waals surface area (Å²) in [6.07, 6.45) is -1.00. The van der Waals surface area contributed by atoms with Crippen molar-refractivity contribution < 1.29 is 14.7 Å². The number of aliphatic hydroxyl groups is 1. The fourth-order valence-electron chi connectivity index (χ4n) is 2.78. The highest BCUT2D eigenvalue weighted by molar-refractivity contribution is 6.31. The molecule has 1 aliphatic heterocycles. The number of nitrogens with zero attached hydrogens (tertiary/aromatic N) is 2. The van der Waals surface area contributed by atoms with Gasteiger partial charge in [-0.1, -0.05) is 11.6 Å². The second-order valence-electron chi connectivity index (χ2n) is 5.71. The van der Waals surface area contributed by atoms with Crippen LogP contribution in [0.2, 0.25) is 5.02 Å². The lowest BCUT2D eigenvalue weighted by atomic mass is 10.2. The van der Waals surface area contributed by atoms with Crippen LogP contribution in [-0.4, -0.2) is 64.0 Å². The fraction of sp³-hybridized carbons (Fsp3) is 0.375. The van der Waals surface area contributed by atoms with E-state index in [1.54, 1.807) is 21.9 Å². The molecule has 2 amide bonds. The van der Waals surface area contributed by atoms with Crippen LogP contribution in [0.25, 0.3) is 10.9 Å². The van der Waals surface area contributed by atoms with E-state index in [9.17, 15) is 14.7 Å². The molecule has 23 heavy (non-hydrogen) atoms. The Morgan fingerprint density at radius 2 is 1.83 bits per heavy atom. The van der Waals surface area contributed by atoms with Crippen LogP contribution in [-0.2, 0) is 4.79 Å². The minimum absolute atomic E-state index is 0.0959. The summed E-state index contributed by atoms with van der Waals surface area (Å²) in [5.74, 6) is -0.390. The van der Waals surface area contributed by atoms with E-state index in [4.69, 9.17) is 11.6 Å². The van der Waals surface area contributed by atoms with Crippen LogP contribution < -0.4 is 0 Å². The number of H-pyrrole nitrogens is 1. The standard InChI is InChI=1S/C16H18ClN3O3/c1-10(21)15(22)19-4-6-20(7-5-19)16(23)14-9-11-8-12(17)2-3-13(11)18-14/h2-3,8-10,18,21H,4-7H2,1H3. The number of aromatic amines is 1. The number of aromatic nitrogens is 1. The lowest BCUT2D eigenvalue weighted by Crippen LogP contribution is -2.52. The van der Waals surface area contributed by atoms with Crippen LogP contribution >= 0.6 is 11.6 Å². The second-order valence-corrected chi connectivity index (χ2v) is 6.14. The molecule has 2 N–H and O–H groups in total. The van der Waals surface area contributed by atoms with Crippen molar-refractivity contribution in [1.29, 1.82) is 0 Å². The minimum Gasteiger partial charge on any atom is -0.384 e. The number of amides is 2. The van der Waals surface area contributed by atoms with Gasteiger partial charge in [0.1, 0.15) is 11.8 Å². The van der Waals surface area contributed by atoms with Crippen LogP contribution in [0, 0.1) is 0 Å². The lowest BCUT2D eigenvalue weighted by Gasteiger charge is -2.35. The maximum absolute atomic E-state index is 12.6. The van der Waals surface area contributed by atoms with Gasteiger partial charge in [0.25, 0.3) is 11.8 Å². The van der Waals surface area contributed by atoms with Crippen molar-refractivity contribution in [2.24, 2.45) is 0 Å². The smallest absolute Gasteiger partial charge is 0.270 e. The lowest BCUT2D eigenvalue weighted by molar-refractivity contribution is -0.140. The Morgan fingerprint density at radius 3 is 2.48 bits per heavy atom. The van der Waals surface area contributed by atoms with Gasteiger partial charge in [-0.3, -0.25) is 9.59 Å². The van der Waals surface area contributed by atoms with Crippen LogP contribution in [0.1, 0.15) is 17.4 Å². The van der Waals surface area contributed by atoms with Gasteiger partial charge in [0.2, 0.25) is 0 Å². The molecule has 3 rings (SSSR count). The third-order valence-electron chi connectivity index (χ3n) is 4.05. The van der Waals surface area contributed by atoms with Crippen molar-refractivity contribution >= 4 is 34.3 Å². The Bertz CT molecular complexity index is 748. The number of hydrogen-bond acceptors (Lipinski definition) is 3. The first kappa shape index (κ1) is 15.8. The summed E-state index contributed by atoms with van der Waals surface area (Å²) in [5, 5.41) is 10.9. The summed E-state index contributed by atoms with van der Waals surface area (Å²) in [6.45, 7) is 3.22. The number of piperazine rings is 1. The molecule has 1 fully saturated rings. The first-order valence-corrected chi connectivity index (χ1v) is 7.88. The molecule has 0 aliphatic carbocycles. The Balaban J connectivity index is 1.70. The fourth-order valence-corrected chi connectivity index (χ4v) is 2.96. The largest absolute Gasteiger partial charge is 0.384 e. The number of nitrogens with one attached hydrogen (secondary N) is 1. The predicted molar refractivity (Wildman–Crippen MR) is 87.5 cm³/mol. The molecule has 0 bridgehead atoms. The molecular weight excluding hydrogens is 318 g/mol. The van der Waals surface area contributed by atoms with E-state index in [0.29, 0.717) is 36.9 Å². The van der Waals surface area contributed by atoms with Crippen molar-refractivity contribution in [3.8, 4) is 0 Å². The molecule has 0 saturated carbocycles. The molecule has 1 saturated heterocycles. The summed E-state index contributed by atoms with van der Waals surface area (Å²) in [7, 11) is 0. The Labute approximate surface area is 138 Å². The highest BCUT2D eigenvalue weighted by atomic mass is 35.5. The molecule has 1 aromatic carbocycles. The quantitative estimate of drug-likeness (QED) is 0.873. The minimum atomic E-state index is -1.00. The first-order valence-electron chi connectivity index (χ1n) is 7.50. The number of fused-ring (bicyclic) bond motifs is 1. The van der Waals surface area contributed by atoms with Gasteiger partial charge in [-0.2, -0.15) is 0 Å². The second kappa shape index (κ2) is 6.22. The van der Waals surface area contributed by atoms with Crippen LogP contribution in [0.5, 0.6) is 0 Å². The molecule has 2 aromatic rings. The number of aliphatic hydroxyl groups excluding tert-OH is 1. The molecule has 122 valence electrons. The SMILES string of the molecule is CC(O)C(=O)N1CCN(C(=O)c2cc3cc(Cl)ccc3[nH]2)CC1. The van der Waals surface area contributed by atoms with Gasteiger partial charge in [0.15, 0.2) is 0 Å². The van der Waals surface area contributed by atoms with Crippen molar-refractivity contribution in [3.05, 3.63) is 35.0 Å². The molecule has 0 spiro atoms. The average molecular weight is 336 g/mol. The van der Waals surface area contributed by atoms with E-state index < -0.39 is 6.10 Å². The number of benzene rings is 1. The third kappa shape index (κ3) is 3.18. The summed E-state index contributed by atoms with van der Waals surface area (Å²) >= 11 is 5.96. The maximum Gasteiger partial charge on any atom is 0.270 e. The molecular formula is C16H18ClN3O3. The van der Waals surface area contributed by atoms with Gasteiger partial charge in [0.05, 0.1) is 0 Å². The molecule has 2 heterocycles. The van der Waals surface area contributed by atoms with E-state index in [0.717, 1.165) is 10.9 Å². The van der Waals surface area contributed by atoms with Crippen LogP contribution in [0.3, 0.4) is 0 Å². The highest BCUT2D eigenvalue weighted by Gasteiger charge is 2.27. The van der Waals surface area contributed by atoms with E-state index in [-0.39, 0.29) is 11.8 Å². The Hall–Kier alpha value is -2.05. The number of rotatable bonds is 2. The summed E-state index contributed by atoms with van der Waals surface area (Å²) in [6, 6.07) is 7.21. The van der Waals surface area contributed by atoms with Crippen molar-refractivity contribution in [2.75, 3.05) is 26.2 Å². The van der Waals surface area contributed by atoms with Crippen molar-refractivity contribution in [2.45, 2.75) is 13.0 Å². The summed E-state index contributed by atoms with van der Waals surface area (Å²) < 4.78 is 0. The maximum atomic E-state index is 12.6. The van der Waals surface area contributed by atoms with Crippen molar-refractivity contribution in [1.82, 2.24) is 14.8 Å². The predicted octanol–water partition coefficient (Wildman–Crippen LogP) is 1.49. The number of hydrogen-bond donors (Lipinski definition) is 2. The molecule has 1 atom stereocenters. The van der Waals surface area contributed by atoms with Gasteiger partial charge in [-0.25, -0.2) is 0 Å². The van der Waals surface area contributed by atoms with E-state index >= 15 is 0 Å². The zero-order valence-corrected chi connectivity index (χ0v) is 13.5. The first-order chi connectivity index (χ1) is 11.0. The van der Waals surface area contributed by atoms with Crippen molar-refractivity contribution in [3.63, 3.8) is 0 Å². The van der Waals surface area contributed by atoms with E-state index in [1.807, 2.05) is 12.1 Å². The van der Waals surface area contributed by atoms with E-state index in [1.165, 1.54) is 6.92 Å². The molecule has 6 nitrogen and oxygen atoms in total. The molecule has 1 aliphatic rings. The van der Waals surface area contributed by atoms with Gasteiger partial charge in [-0.05, 0) is 31.2 Å². The van der Waals surface area contributed by atoms with Gasteiger partial charge < -0.3 is 19.9 Å². The Morgan fingerprint density at radius 1 is 1.17 bits per heavy atom. The zero-order valence-electron chi connectivity index (χ0n) is 12.8. The number of carbonyl (C=O) groups excluding carboxylic acids is 2. The normalized spacial score (nSPS) is 16.7. The van der Waals surface area contributed by atoms with Crippen LogP contribution in [0.4, 0.5) is 0 Å². The van der Waals surface area contributed by atoms with Crippen LogP contribution in [0.15, 0.2) is 24.3 Å². The Kier molecular flexibility index (Phi) is 4.28. The monoisotopic (exact) mass is 335 g/mol. The van der Waals surface area contributed by atoms with E-state index in [2.05, 4.69) is 4.98 Å². The molecule has 0 radical (unpaired) electrons. The highest BCUT2D eigenvalue weighted by Crippen LogP contribution is 2.21. The average Bonchev–Trinajstić information content (AvgIpc) is 2.96. The number of halogens is 1. The summed E-state index contributed by atoms with van der Waals surface area (Å²) in [4.78, 5) is 30.7. The molecule has 7 heteroatoms. The molecule has 1 unspecified atom stereocenters. The topological polar surface area (TPSA) is 76.6 Å². The zero-order chi connectivity index (χ0) is 16.6. The van der Waals surface area contributed by atoms with Gasteiger partial charge >= 0.3 is 0 Å². The third-order valence-corrected chi connectivity index (χ3v) is 4.28. The summed E-state index contributed by atoms with van der Waals surface area (Å²) in [5.41, 5.74) is 1.37.